The molecule has 3 aromatic rings. The molecule has 1 aliphatic heterocycles. The van der Waals surface area contributed by atoms with Gasteiger partial charge >= 0.3 is 0 Å². The molecule has 1 aliphatic rings. The van der Waals surface area contributed by atoms with Crippen LogP contribution in [0.25, 0.3) is 15.8 Å². The van der Waals surface area contributed by atoms with Crippen molar-refractivity contribution >= 4 is 52.9 Å². The molecule has 0 bridgehead atoms. The van der Waals surface area contributed by atoms with Crippen LogP contribution in [0.4, 0.5) is 0 Å². The Bertz CT molecular complexity index is 994. The van der Waals surface area contributed by atoms with E-state index in [2.05, 4.69) is 47.8 Å². The largest absolute Gasteiger partial charge is 0.248 e. The zero-order valence-electron chi connectivity index (χ0n) is 11.6. The average Bonchev–Trinajstić information content (AvgIpc) is 2.58. The second-order valence-electron chi connectivity index (χ2n) is 4.88. The topological polar surface area (TPSA) is 12.4 Å². The lowest BCUT2D eigenvalue weighted by Gasteiger charge is -2.13. The van der Waals surface area contributed by atoms with E-state index in [1.807, 2.05) is 23.6 Å². The van der Waals surface area contributed by atoms with Crippen molar-refractivity contribution in [3.05, 3.63) is 77.0 Å². The van der Waals surface area contributed by atoms with Crippen molar-refractivity contribution in [3.8, 4) is 0 Å². The zero-order valence-corrected chi connectivity index (χ0v) is 14.0. The van der Waals surface area contributed by atoms with Crippen molar-refractivity contribution in [2.45, 2.75) is 4.90 Å². The third kappa shape index (κ3) is 2.45. The molecule has 0 spiro atoms. The summed E-state index contributed by atoms with van der Waals surface area (Å²) in [7, 11) is 6.04. The van der Waals surface area contributed by atoms with Gasteiger partial charge in [-0.3, -0.25) is 0 Å². The van der Waals surface area contributed by atoms with Crippen molar-refractivity contribution in [3.63, 3.8) is 0 Å². The van der Waals surface area contributed by atoms with E-state index in [9.17, 15) is 0 Å². The van der Waals surface area contributed by atoms with E-state index in [-0.39, 0.29) is 9.70 Å². The maximum atomic E-state index is 6.40. The van der Waals surface area contributed by atoms with Crippen LogP contribution >= 0.6 is 31.7 Å². The van der Waals surface area contributed by atoms with Crippen LogP contribution < -0.4 is 5.36 Å². The van der Waals surface area contributed by atoms with Crippen LogP contribution in [-0.4, -0.2) is 5.37 Å². The van der Waals surface area contributed by atoms with Crippen molar-refractivity contribution in [1.29, 1.82) is 0 Å². The van der Waals surface area contributed by atoms with Gasteiger partial charge in [-0.05, 0) is 45.7 Å². The minimum absolute atomic E-state index is 0.358. The second-order valence-corrected chi connectivity index (χ2v) is 8.11. The molecule has 0 saturated heterocycles. The summed E-state index contributed by atoms with van der Waals surface area (Å²) in [6, 6.07) is 18.7. The predicted octanol–water partition coefficient (Wildman–Crippen LogP) is 5.44. The first kappa shape index (κ1) is 13.9. The van der Waals surface area contributed by atoms with Crippen LogP contribution in [0.2, 0.25) is 0 Å². The number of allylic oxidation sites excluding steroid dienone is 1. The fourth-order valence-electron chi connectivity index (χ4n) is 2.50. The summed E-state index contributed by atoms with van der Waals surface area (Å²) in [5.41, 5.74) is 2.10. The summed E-state index contributed by atoms with van der Waals surface area (Å²) in [5, 5.41) is 6.30. The van der Waals surface area contributed by atoms with E-state index < -0.39 is 0 Å². The maximum absolute atomic E-state index is 6.40. The van der Waals surface area contributed by atoms with Crippen LogP contribution in [0.3, 0.4) is 0 Å². The highest BCUT2D eigenvalue weighted by Crippen LogP contribution is 2.39. The number of nitrogens with zero attached hydrogens (tertiary/aromatic N) is 1. The van der Waals surface area contributed by atoms with Crippen LogP contribution in [0.1, 0.15) is 5.56 Å². The van der Waals surface area contributed by atoms with Gasteiger partial charge in [0.25, 0.3) is 0 Å². The first-order chi connectivity index (χ1) is 10.8. The molecule has 0 N–H and O–H groups in total. The summed E-state index contributed by atoms with van der Waals surface area (Å²) in [5.74, 6) is 0. The first-order valence-electron chi connectivity index (χ1n) is 6.88. The van der Waals surface area contributed by atoms with Crippen LogP contribution in [-0.2, 0) is 0 Å². The summed E-state index contributed by atoms with van der Waals surface area (Å²) in [4.78, 5) is 6.05. The van der Waals surface area contributed by atoms with Gasteiger partial charge < -0.3 is 0 Å². The van der Waals surface area contributed by atoms with Crippen LogP contribution in [0.5, 0.6) is 0 Å². The normalized spacial score (nSPS) is 17.8. The number of rotatable bonds is 1. The summed E-state index contributed by atoms with van der Waals surface area (Å²) in [6.07, 6.45) is 2.03. The van der Waals surface area contributed by atoms with Crippen LogP contribution in [0, 0.1) is 0 Å². The summed E-state index contributed by atoms with van der Waals surface area (Å²) in [6.45, 7) is 0. The summed E-state index contributed by atoms with van der Waals surface area (Å²) >= 11 is 1.73. The molecule has 2 heterocycles. The van der Waals surface area contributed by atoms with Gasteiger partial charge in [0, 0.05) is 20.5 Å². The Morgan fingerprint density at radius 2 is 1.77 bits per heavy atom. The molecular formula is C18H12ClNS2. The van der Waals surface area contributed by atoms with Gasteiger partial charge in [0.2, 0.25) is 0 Å². The van der Waals surface area contributed by atoms with E-state index in [4.69, 9.17) is 15.7 Å². The Balaban J connectivity index is 1.97. The lowest BCUT2D eigenvalue weighted by molar-refractivity contribution is 1.32. The molecule has 0 saturated carbocycles. The molecule has 1 nitrogen and oxygen atoms in total. The fourth-order valence-corrected chi connectivity index (χ4v) is 4.85. The highest BCUT2D eigenvalue weighted by molar-refractivity contribution is 8.34. The van der Waals surface area contributed by atoms with Gasteiger partial charge in [-0.2, -0.15) is 0 Å². The van der Waals surface area contributed by atoms with Crippen LogP contribution in [0.15, 0.2) is 75.9 Å². The summed E-state index contributed by atoms with van der Waals surface area (Å²) < 4.78 is 1.24. The molecule has 0 amide bonds. The van der Waals surface area contributed by atoms with Gasteiger partial charge in [-0.1, -0.05) is 46.1 Å². The molecule has 0 radical (unpaired) electrons. The van der Waals surface area contributed by atoms with Crippen molar-refractivity contribution < 1.29 is 0 Å². The molecule has 0 fully saturated rings. The SMILES string of the molecule is ClS1=CC=C(N=c2ccsc3ccccc23)c2ccccc21. The molecule has 4 heteroatoms. The predicted molar refractivity (Wildman–Crippen MR) is 99.6 cm³/mol. The molecule has 4 rings (SSSR count). The highest BCUT2D eigenvalue weighted by Gasteiger charge is 2.12. The Labute approximate surface area is 139 Å². The quantitative estimate of drug-likeness (QED) is 0.522. The van der Waals surface area contributed by atoms with E-state index in [1.54, 1.807) is 11.3 Å². The highest BCUT2D eigenvalue weighted by atomic mass is 35.7. The van der Waals surface area contributed by atoms with Crippen molar-refractivity contribution in [1.82, 2.24) is 0 Å². The third-order valence-electron chi connectivity index (χ3n) is 3.54. The Kier molecular flexibility index (Phi) is 3.70. The van der Waals surface area contributed by atoms with Gasteiger partial charge in [0.15, 0.2) is 0 Å². The standard InChI is InChI=1S/C18H12ClNS2/c19-22-12-10-16(14-6-2-4-8-18(14)22)20-15-9-11-21-17-7-3-1-5-13(15)17/h1-12H. The molecule has 1 aromatic heterocycles. The van der Waals surface area contributed by atoms with Crippen molar-refractivity contribution in [2.24, 2.45) is 4.99 Å². The molecule has 108 valence electrons. The fraction of sp³-hybridized carbons (Fsp3) is 0. The Hall–Kier alpha value is -1.68. The smallest absolute Gasteiger partial charge is 0.0731 e. The Morgan fingerprint density at radius 1 is 0.955 bits per heavy atom. The molecule has 1 unspecified atom stereocenters. The van der Waals surface area contributed by atoms with E-state index in [1.165, 1.54) is 10.1 Å². The number of halogens is 1. The number of hydrogen-bond acceptors (Lipinski definition) is 2. The van der Waals surface area contributed by atoms with Gasteiger partial charge in [0.05, 0.1) is 11.1 Å². The average molecular weight is 342 g/mol. The number of fused-ring (bicyclic) bond motifs is 2. The molecule has 2 aromatic carbocycles. The minimum atomic E-state index is -0.358. The molecule has 0 aliphatic carbocycles. The monoisotopic (exact) mass is 341 g/mol. The maximum Gasteiger partial charge on any atom is 0.0731 e. The van der Waals surface area contributed by atoms with Gasteiger partial charge in [-0.25, -0.2) is 4.99 Å². The van der Waals surface area contributed by atoms with Gasteiger partial charge in [-0.15, -0.1) is 11.3 Å². The zero-order chi connectivity index (χ0) is 14.9. The van der Waals surface area contributed by atoms with E-state index in [0.29, 0.717) is 0 Å². The number of benzene rings is 2. The lowest BCUT2D eigenvalue weighted by atomic mass is 10.1. The van der Waals surface area contributed by atoms with Crippen molar-refractivity contribution in [2.75, 3.05) is 0 Å². The Morgan fingerprint density at radius 3 is 2.73 bits per heavy atom. The molecule has 1 atom stereocenters. The molecule has 22 heavy (non-hydrogen) atoms. The van der Waals surface area contributed by atoms with Gasteiger partial charge in [0.1, 0.15) is 0 Å². The minimum Gasteiger partial charge on any atom is -0.248 e. The number of hydrogen-bond donors (Lipinski definition) is 0. The second kappa shape index (κ2) is 5.84. The third-order valence-corrected chi connectivity index (χ3v) is 6.38. The lowest BCUT2D eigenvalue weighted by Crippen LogP contribution is -2.03. The van der Waals surface area contributed by atoms with E-state index in [0.717, 1.165) is 21.5 Å². The van der Waals surface area contributed by atoms with E-state index >= 15 is 0 Å². The molecular weight excluding hydrogens is 330 g/mol. The first-order valence-corrected chi connectivity index (χ1v) is 9.87.